The maximum Gasteiger partial charge on any atom is 0.0264 e. The summed E-state index contributed by atoms with van der Waals surface area (Å²) in [5, 5.41) is 3.57. The number of hydrogen-bond acceptors (Lipinski definition) is 3. The molecule has 3 saturated heterocycles. The van der Waals surface area contributed by atoms with Crippen LogP contribution in [0.1, 0.15) is 19.3 Å². The molecule has 3 heterocycles. The van der Waals surface area contributed by atoms with Crippen molar-refractivity contribution in [1.29, 1.82) is 0 Å². The van der Waals surface area contributed by atoms with Crippen molar-refractivity contribution >= 4 is 0 Å². The van der Waals surface area contributed by atoms with Crippen molar-refractivity contribution in [2.24, 2.45) is 5.92 Å². The first kappa shape index (κ1) is 10.1. The monoisotopic (exact) mass is 209 g/mol. The lowest BCUT2D eigenvalue weighted by molar-refractivity contribution is 0.0811. The van der Waals surface area contributed by atoms with Crippen LogP contribution in [0.2, 0.25) is 0 Å². The maximum atomic E-state index is 3.57. The van der Waals surface area contributed by atoms with E-state index in [-0.39, 0.29) is 0 Å². The van der Waals surface area contributed by atoms with Gasteiger partial charge >= 0.3 is 0 Å². The topological polar surface area (TPSA) is 18.5 Å². The zero-order valence-corrected chi connectivity index (χ0v) is 9.78. The van der Waals surface area contributed by atoms with Crippen molar-refractivity contribution in [2.75, 3.05) is 39.8 Å². The Labute approximate surface area is 92.8 Å². The molecule has 0 bridgehead atoms. The Balaban J connectivity index is 1.69. The molecular formula is C12H23N3. The van der Waals surface area contributed by atoms with Gasteiger partial charge in [0.2, 0.25) is 0 Å². The Hall–Kier alpha value is -0.120. The van der Waals surface area contributed by atoms with Crippen molar-refractivity contribution in [3.05, 3.63) is 0 Å². The van der Waals surface area contributed by atoms with E-state index in [1.54, 1.807) is 0 Å². The van der Waals surface area contributed by atoms with Crippen LogP contribution in [-0.4, -0.2) is 61.7 Å². The molecule has 3 aliphatic heterocycles. The summed E-state index contributed by atoms with van der Waals surface area (Å²) in [6, 6.07) is 1.71. The highest BCUT2D eigenvalue weighted by Gasteiger charge is 2.39. The molecule has 0 aromatic carbocycles. The van der Waals surface area contributed by atoms with Crippen LogP contribution in [-0.2, 0) is 0 Å². The van der Waals surface area contributed by atoms with Crippen LogP contribution in [0, 0.1) is 5.92 Å². The SMILES string of the molecule is CN1CCC(N2CCCC3CNCC32)C1. The molecule has 0 amide bonds. The number of hydrogen-bond donors (Lipinski definition) is 1. The van der Waals surface area contributed by atoms with Gasteiger partial charge in [-0.1, -0.05) is 0 Å². The molecule has 0 spiro atoms. The standard InChI is InChI=1S/C12H23N3/c1-14-6-4-11(9-14)15-5-2-3-10-7-13-8-12(10)15/h10-13H,2-9H2,1H3. The van der Waals surface area contributed by atoms with Gasteiger partial charge in [-0.15, -0.1) is 0 Å². The van der Waals surface area contributed by atoms with Crippen LogP contribution in [0.25, 0.3) is 0 Å². The van der Waals surface area contributed by atoms with Gasteiger partial charge in [0.05, 0.1) is 0 Å². The second-order valence-electron chi connectivity index (χ2n) is 5.57. The summed E-state index contributed by atoms with van der Waals surface area (Å²) in [5.74, 6) is 0.949. The number of fused-ring (bicyclic) bond motifs is 1. The summed E-state index contributed by atoms with van der Waals surface area (Å²) in [7, 11) is 2.26. The minimum Gasteiger partial charge on any atom is -0.315 e. The maximum absolute atomic E-state index is 3.57. The molecule has 15 heavy (non-hydrogen) atoms. The van der Waals surface area contributed by atoms with Gasteiger partial charge in [0.15, 0.2) is 0 Å². The molecule has 3 nitrogen and oxygen atoms in total. The molecule has 3 rings (SSSR count). The van der Waals surface area contributed by atoms with E-state index in [0.717, 1.165) is 18.0 Å². The van der Waals surface area contributed by atoms with Gasteiger partial charge in [-0.2, -0.15) is 0 Å². The summed E-state index contributed by atoms with van der Waals surface area (Å²) in [6.45, 7) is 6.45. The predicted octanol–water partition coefficient (Wildman–Crippen LogP) is 0.374. The highest BCUT2D eigenvalue weighted by atomic mass is 15.3. The van der Waals surface area contributed by atoms with Gasteiger partial charge in [0.25, 0.3) is 0 Å². The fourth-order valence-electron chi connectivity index (χ4n) is 3.74. The molecule has 0 saturated carbocycles. The lowest BCUT2D eigenvalue weighted by Crippen LogP contribution is -2.51. The zero-order chi connectivity index (χ0) is 10.3. The van der Waals surface area contributed by atoms with Gasteiger partial charge in [-0.05, 0) is 51.9 Å². The minimum absolute atomic E-state index is 0.850. The Morgan fingerprint density at radius 3 is 2.87 bits per heavy atom. The lowest BCUT2D eigenvalue weighted by atomic mass is 9.90. The highest BCUT2D eigenvalue weighted by molar-refractivity contribution is 4.96. The molecule has 3 atom stereocenters. The van der Waals surface area contributed by atoms with E-state index >= 15 is 0 Å². The number of nitrogens with zero attached hydrogens (tertiary/aromatic N) is 2. The number of nitrogens with one attached hydrogen (secondary N) is 1. The van der Waals surface area contributed by atoms with E-state index in [4.69, 9.17) is 0 Å². The molecule has 86 valence electrons. The van der Waals surface area contributed by atoms with Gasteiger partial charge in [0.1, 0.15) is 0 Å². The zero-order valence-electron chi connectivity index (χ0n) is 9.78. The lowest BCUT2D eigenvalue weighted by Gasteiger charge is -2.40. The average molecular weight is 209 g/mol. The van der Waals surface area contributed by atoms with Crippen molar-refractivity contribution in [3.63, 3.8) is 0 Å². The van der Waals surface area contributed by atoms with E-state index in [0.29, 0.717) is 0 Å². The average Bonchev–Trinajstić information content (AvgIpc) is 2.84. The van der Waals surface area contributed by atoms with Gasteiger partial charge < -0.3 is 10.2 Å². The predicted molar refractivity (Wildman–Crippen MR) is 62.0 cm³/mol. The third-order valence-corrected chi connectivity index (χ3v) is 4.56. The van der Waals surface area contributed by atoms with Crippen molar-refractivity contribution in [2.45, 2.75) is 31.3 Å². The summed E-state index contributed by atoms with van der Waals surface area (Å²) >= 11 is 0. The second kappa shape index (κ2) is 4.04. The number of likely N-dealkylation sites (tertiary alicyclic amines) is 2. The summed E-state index contributed by atoms with van der Waals surface area (Å²) in [5.41, 5.74) is 0. The largest absolute Gasteiger partial charge is 0.315 e. The molecule has 0 aromatic rings. The highest BCUT2D eigenvalue weighted by Crippen LogP contribution is 2.30. The molecular weight excluding hydrogens is 186 g/mol. The first-order chi connectivity index (χ1) is 7.34. The van der Waals surface area contributed by atoms with Gasteiger partial charge in [-0.3, -0.25) is 4.90 Å². The minimum atomic E-state index is 0.850. The smallest absolute Gasteiger partial charge is 0.0264 e. The number of rotatable bonds is 1. The first-order valence-corrected chi connectivity index (χ1v) is 6.49. The third-order valence-electron chi connectivity index (χ3n) is 4.56. The molecule has 0 radical (unpaired) electrons. The Bertz CT molecular complexity index is 231. The third kappa shape index (κ3) is 1.81. The van der Waals surface area contributed by atoms with Crippen LogP contribution < -0.4 is 5.32 Å². The van der Waals surface area contributed by atoms with Crippen molar-refractivity contribution < 1.29 is 0 Å². The van der Waals surface area contributed by atoms with Crippen molar-refractivity contribution in [1.82, 2.24) is 15.1 Å². The summed E-state index contributed by atoms with van der Waals surface area (Å²) in [4.78, 5) is 5.30. The molecule has 3 aliphatic rings. The van der Waals surface area contributed by atoms with Crippen LogP contribution in [0.5, 0.6) is 0 Å². The molecule has 3 fully saturated rings. The molecule has 3 heteroatoms. The van der Waals surface area contributed by atoms with Crippen LogP contribution in [0.15, 0.2) is 0 Å². The van der Waals surface area contributed by atoms with E-state index in [2.05, 4.69) is 22.2 Å². The van der Waals surface area contributed by atoms with Crippen LogP contribution >= 0.6 is 0 Å². The molecule has 3 unspecified atom stereocenters. The second-order valence-corrected chi connectivity index (χ2v) is 5.57. The van der Waals surface area contributed by atoms with Gasteiger partial charge in [-0.25, -0.2) is 0 Å². The fraction of sp³-hybridized carbons (Fsp3) is 1.00. The molecule has 1 N–H and O–H groups in total. The number of likely N-dealkylation sites (N-methyl/N-ethyl adjacent to an activating group) is 1. The normalized spacial score (nSPS) is 43.4. The Morgan fingerprint density at radius 2 is 2.07 bits per heavy atom. The van der Waals surface area contributed by atoms with E-state index in [9.17, 15) is 0 Å². The van der Waals surface area contributed by atoms with Gasteiger partial charge in [0, 0.05) is 25.2 Å². The first-order valence-electron chi connectivity index (χ1n) is 6.49. The fourth-order valence-corrected chi connectivity index (χ4v) is 3.74. The summed E-state index contributed by atoms with van der Waals surface area (Å²) < 4.78 is 0. The summed E-state index contributed by atoms with van der Waals surface area (Å²) in [6.07, 6.45) is 4.26. The van der Waals surface area contributed by atoms with E-state index in [1.165, 1.54) is 52.0 Å². The van der Waals surface area contributed by atoms with Crippen LogP contribution in [0.4, 0.5) is 0 Å². The Kier molecular flexibility index (Phi) is 2.71. The molecule has 0 aromatic heterocycles. The van der Waals surface area contributed by atoms with E-state index in [1.807, 2.05) is 0 Å². The van der Waals surface area contributed by atoms with Crippen molar-refractivity contribution in [3.8, 4) is 0 Å². The Morgan fingerprint density at radius 1 is 1.13 bits per heavy atom. The number of piperidine rings is 1. The quantitative estimate of drug-likeness (QED) is 0.673. The van der Waals surface area contributed by atoms with Crippen LogP contribution in [0.3, 0.4) is 0 Å². The van der Waals surface area contributed by atoms with E-state index < -0.39 is 0 Å². The molecule has 0 aliphatic carbocycles.